The number of hydrogen-bond donors (Lipinski definition) is 1. The molecule has 0 bridgehead atoms. The largest absolute Gasteiger partial charge is 0.395 e. The lowest BCUT2D eigenvalue weighted by Gasteiger charge is -2.00. The summed E-state index contributed by atoms with van der Waals surface area (Å²) in [4.78, 5) is 3.40. The van der Waals surface area contributed by atoms with Crippen molar-refractivity contribution < 1.29 is 4.39 Å². The topological polar surface area (TPSA) is 38.9 Å². The van der Waals surface area contributed by atoms with E-state index in [-0.39, 0.29) is 5.69 Å². The molecule has 3 heteroatoms. The van der Waals surface area contributed by atoms with Crippen LogP contribution in [0, 0.1) is 5.95 Å². The summed E-state index contributed by atoms with van der Waals surface area (Å²) in [5, 5.41) is 0. The van der Waals surface area contributed by atoms with Gasteiger partial charge >= 0.3 is 0 Å². The zero-order valence-electron chi connectivity index (χ0n) is 6.05. The fraction of sp³-hybridized carbons (Fsp3) is 0.125. The number of anilines is 1. The van der Waals surface area contributed by atoms with Gasteiger partial charge in [0.2, 0.25) is 5.95 Å². The summed E-state index contributed by atoms with van der Waals surface area (Å²) in [7, 11) is 0. The summed E-state index contributed by atoms with van der Waals surface area (Å²) in [5.41, 5.74) is 6.23. The first-order valence-corrected chi connectivity index (χ1v) is 3.25. The van der Waals surface area contributed by atoms with Crippen molar-refractivity contribution in [2.75, 3.05) is 5.73 Å². The molecule has 0 radical (unpaired) electrons. The molecule has 11 heavy (non-hydrogen) atoms. The first-order valence-electron chi connectivity index (χ1n) is 3.25. The Balaban J connectivity index is 3.05. The van der Waals surface area contributed by atoms with E-state index in [2.05, 4.69) is 11.6 Å². The second kappa shape index (κ2) is 3.14. The quantitative estimate of drug-likeness (QED) is 0.515. The zero-order chi connectivity index (χ0) is 8.27. The van der Waals surface area contributed by atoms with E-state index in [4.69, 9.17) is 5.73 Å². The van der Waals surface area contributed by atoms with Crippen LogP contribution in [0.15, 0.2) is 24.9 Å². The molecule has 0 aliphatic rings. The van der Waals surface area contributed by atoms with E-state index >= 15 is 0 Å². The van der Waals surface area contributed by atoms with Crippen LogP contribution in [-0.2, 0) is 6.42 Å². The third-order valence-corrected chi connectivity index (χ3v) is 1.40. The lowest BCUT2D eigenvalue weighted by atomic mass is 10.1. The number of aromatic nitrogens is 1. The van der Waals surface area contributed by atoms with Crippen LogP contribution in [0.4, 0.5) is 10.1 Å². The highest BCUT2D eigenvalue weighted by Gasteiger charge is 2.02. The Bertz CT molecular complexity index is 271. The van der Waals surface area contributed by atoms with Crippen molar-refractivity contribution in [3.63, 3.8) is 0 Å². The van der Waals surface area contributed by atoms with Gasteiger partial charge in [-0.15, -0.1) is 6.58 Å². The van der Waals surface area contributed by atoms with Gasteiger partial charge in [0, 0.05) is 6.20 Å². The van der Waals surface area contributed by atoms with E-state index in [9.17, 15) is 4.39 Å². The molecule has 0 spiro atoms. The van der Waals surface area contributed by atoms with Crippen LogP contribution >= 0.6 is 0 Å². The molecule has 0 atom stereocenters. The van der Waals surface area contributed by atoms with Crippen molar-refractivity contribution in [1.82, 2.24) is 4.98 Å². The smallest absolute Gasteiger partial charge is 0.236 e. The van der Waals surface area contributed by atoms with Crippen LogP contribution in [0.25, 0.3) is 0 Å². The van der Waals surface area contributed by atoms with Gasteiger partial charge in [0.15, 0.2) is 0 Å². The van der Waals surface area contributed by atoms with Gasteiger partial charge in [0.05, 0.1) is 5.69 Å². The van der Waals surface area contributed by atoms with Crippen molar-refractivity contribution >= 4 is 5.69 Å². The molecule has 58 valence electrons. The van der Waals surface area contributed by atoms with Crippen LogP contribution < -0.4 is 5.73 Å². The van der Waals surface area contributed by atoms with E-state index in [0.29, 0.717) is 6.42 Å². The maximum atomic E-state index is 12.6. The molecule has 0 aliphatic heterocycles. The molecule has 0 fully saturated rings. The number of nitrogens with zero attached hydrogens (tertiary/aromatic N) is 1. The van der Waals surface area contributed by atoms with Crippen molar-refractivity contribution in [2.24, 2.45) is 0 Å². The molecule has 2 N–H and O–H groups in total. The number of nitrogens with two attached hydrogens (primary N) is 1. The minimum Gasteiger partial charge on any atom is -0.395 e. The van der Waals surface area contributed by atoms with Gasteiger partial charge in [-0.25, -0.2) is 4.98 Å². The molecule has 0 amide bonds. The van der Waals surface area contributed by atoms with Gasteiger partial charge in [-0.05, 0) is 18.1 Å². The maximum absolute atomic E-state index is 12.6. The number of halogens is 1. The molecule has 1 aromatic heterocycles. The summed E-state index contributed by atoms with van der Waals surface area (Å²) < 4.78 is 12.6. The molecular weight excluding hydrogens is 143 g/mol. The Hall–Kier alpha value is -1.38. The number of pyridine rings is 1. The van der Waals surface area contributed by atoms with E-state index in [1.807, 2.05) is 0 Å². The van der Waals surface area contributed by atoms with Gasteiger partial charge in [-0.3, -0.25) is 0 Å². The predicted molar refractivity (Wildman–Crippen MR) is 42.5 cm³/mol. The van der Waals surface area contributed by atoms with E-state index in [1.54, 1.807) is 12.1 Å². The van der Waals surface area contributed by atoms with E-state index < -0.39 is 5.95 Å². The number of allylic oxidation sites excluding steroid dienone is 1. The third kappa shape index (κ3) is 1.55. The summed E-state index contributed by atoms with van der Waals surface area (Å²) in [6.07, 6.45) is 3.64. The van der Waals surface area contributed by atoms with E-state index in [0.717, 1.165) is 5.56 Å². The summed E-state index contributed by atoms with van der Waals surface area (Å²) in [6.45, 7) is 3.53. The van der Waals surface area contributed by atoms with Gasteiger partial charge in [0.25, 0.3) is 0 Å². The van der Waals surface area contributed by atoms with Gasteiger partial charge in [0.1, 0.15) is 0 Å². The summed E-state index contributed by atoms with van der Waals surface area (Å²) in [5.74, 6) is -0.607. The Labute approximate surface area is 64.6 Å². The molecule has 0 aliphatic carbocycles. The van der Waals surface area contributed by atoms with Crippen LogP contribution in [-0.4, -0.2) is 4.98 Å². The lowest BCUT2D eigenvalue weighted by molar-refractivity contribution is 0.587. The van der Waals surface area contributed by atoms with Crippen LogP contribution in [0.3, 0.4) is 0 Å². The Kier molecular flexibility index (Phi) is 2.21. The first-order chi connectivity index (χ1) is 5.25. The van der Waals surface area contributed by atoms with Crippen molar-refractivity contribution in [1.29, 1.82) is 0 Å². The van der Waals surface area contributed by atoms with Gasteiger partial charge in [-0.1, -0.05) is 6.08 Å². The zero-order valence-corrected chi connectivity index (χ0v) is 6.05. The monoisotopic (exact) mass is 152 g/mol. The minimum absolute atomic E-state index is 0.118. The van der Waals surface area contributed by atoms with Gasteiger partial charge in [-0.2, -0.15) is 4.39 Å². The number of nitrogen functional groups attached to an aromatic ring is 1. The molecule has 0 saturated carbocycles. The fourth-order valence-electron chi connectivity index (χ4n) is 0.818. The van der Waals surface area contributed by atoms with Crippen molar-refractivity contribution in [3.8, 4) is 0 Å². The van der Waals surface area contributed by atoms with Gasteiger partial charge < -0.3 is 5.73 Å². The van der Waals surface area contributed by atoms with E-state index in [1.165, 1.54) is 6.20 Å². The fourth-order valence-corrected chi connectivity index (χ4v) is 0.818. The standard InChI is InChI=1S/C8H9FN2/c1-2-3-6-4-5-11-8(9)7(6)10/h2,4-5H,1,3,10H2. The second-order valence-electron chi connectivity index (χ2n) is 2.17. The molecule has 1 rings (SSSR count). The predicted octanol–water partition coefficient (Wildman–Crippen LogP) is 1.53. The Morgan fingerprint density at radius 1 is 1.73 bits per heavy atom. The highest BCUT2D eigenvalue weighted by molar-refractivity contribution is 5.45. The average molecular weight is 152 g/mol. The Morgan fingerprint density at radius 3 is 3.09 bits per heavy atom. The number of hydrogen-bond acceptors (Lipinski definition) is 2. The first kappa shape index (κ1) is 7.72. The number of rotatable bonds is 2. The van der Waals surface area contributed by atoms with Crippen LogP contribution in [0.1, 0.15) is 5.56 Å². The molecule has 2 nitrogen and oxygen atoms in total. The molecule has 1 heterocycles. The third-order valence-electron chi connectivity index (χ3n) is 1.40. The SMILES string of the molecule is C=CCc1ccnc(F)c1N. The van der Waals surface area contributed by atoms with Crippen molar-refractivity contribution in [2.45, 2.75) is 6.42 Å². The highest BCUT2D eigenvalue weighted by atomic mass is 19.1. The second-order valence-corrected chi connectivity index (χ2v) is 2.17. The molecule has 0 unspecified atom stereocenters. The lowest BCUT2D eigenvalue weighted by Crippen LogP contribution is -1.98. The van der Waals surface area contributed by atoms with Crippen LogP contribution in [0.2, 0.25) is 0 Å². The minimum atomic E-state index is -0.607. The molecule has 1 aromatic rings. The molecular formula is C8H9FN2. The summed E-state index contributed by atoms with van der Waals surface area (Å²) >= 11 is 0. The summed E-state index contributed by atoms with van der Waals surface area (Å²) in [6, 6.07) is 1.68. The van der Waals surface area contributed by atoms with Crippen molar-refractivity contribution in [3.05, 3.63) is 36.4 Å². The molecule has 0 saturated heterocycles. The highest BCUT2D eigenvalue weighted by Crippen LogP contribution is 2.13. The van der Waals surface area contributed by atoms with Crippen LogP contribution in [0.5, 0.6) is 0 Å². The normalized spacial score (nSPS) is 9.55. The molecule has 0 aromatic carbocycles. The average Bonchev–Trinajstić information content (AvgIpc) is 1.99. The Morgan fingerprint density at radius 2 is 2.45 bits per heavy atom. The maximum Gasteiger partial charge on any atom is 0.236 e.